The number of nitrogen functional groups attached to an aromatic ring is 1. The van der Waals surface area contributed by atoms with Crippen LogP contribution in [0.2, 0.25) is 0 Å². The molecule has 0 heterocycles. The number of halogens is 1. The van der Waals surface area contributed by atoms with E-state index in [1.54, 1.807) is 12.1 Å². The first-order valence-electron chi connectivity index (χ1n) is 6.65. The lowest BCUT2D eigenvalue weighted by atomic mass is 9.90. The molecule has 4 N–H and O–H groups in total. The molecule has 0 aliphatic heterocycles. The normalized spacial score (nSPS) is 15.1. The topological polar surface area (TPSA) is 73.3 Å². The summed E-state index contributed by atoms with van der Waals surface area (Å²) in [5.74, 6) is -0.709. The van der Waals surface area contributed by atoms with Gasteiger partial charge >= 0.3 is 0 Å². The predicted molar refractivity (Wildman–Crippen MR) is 74.1 cm³/mol. The second-order valence-corrected chi connectivity index (χ2v) is 4.90. The minimum absolute atomic E-state index is 0.105. The third-order valence-electron chi connectivity index (χ3n) is 3.64. The number of nitrogens with zero attached hydrogens (tertiary/aromatic N) is 1. The summed E-state index contributed by atoms with van der Waals surface area (Å²) in [6, 6.07) is 5.13. The molecule has 0 atom stereocenters. The predicted octanol–water partition coefficient (Wildman–Crippen LogP) is 1.85. The van der Waals surface area contributed by atoms with Crippen LogP contribution in [0.15, 0.2) is 18.2 Å². The van der Waals surface area contributed by atoms with E-state index in [1.807, 2.05) is 0 Å². The first-order valence-corrected chi connectivity index (χ1v) is 6.65. The SMILES string of the molecule is N=C(N)c1c(F)cccc1N(CCCO)C1CCC1. The Kier molecular flexibility index (Phi) is 4.37. The largest absolute Gasteiger partial charge is 0.396 e. The van der Waals surface area contributed by atoms with Gasteiger partial charge in [-0.1, -0.05) is 6.07 Å². The number of rotatable bonds is 6. The molecule has 1 aromatic carbocycles. The van der Waals surface area contributed by atoms with E-state index in [0.29, 0.717) is 24.7 Å². The van der Waals surface area contributed by atoms with E-state index in [9.17, 15) is 4.39 Å². The van der Waals surface area contributed by atoms with E-state index in [4.69, 9.17) is 16.2 Å². The molecule has 0 amide bonds. The fraction of sp³-hybridized carbons (Fsp3) is 0.500. The van der Waals surface area contributed by atoms with Gasteiger partial charge in [-0.3, -0.25) is 5.41 Å². The molecule has 1 aromatic rings. The smallest absolute Gasteiger partial charge is 0.136 e. The van der Waals surface area contributed by atoms with Gasteiger partial charge in [-0.2, -0.15) is 0 Å². The van der Waals surface area contributed by atoms with Gasteiger partial charge in [-0.25, -0.2) is 4.39 Å². The van der Waals surface area contributed by atoms with Crippen molar-refractivity contribution in [3.63, 3.8) is 0 Å². The Morgan fingerprint density at radius 3 is 2.74 bits per heavy atom. The molecular weight excluding hydrogens is 245 g/mol. The van der Waals surface area contributed by atoms with Gasteiger partial charge in [0.25, 0.3) is 0 Å². The zero-order chi connectivity index (χ0) is 13.8. The van der Waals surface area contributed by atoms with Crippen LogP contribution >= 0.6 is 0 Å². The zero-order valence-corrected chi connectivity index (χ0v) is 10.9. The monoisotopic (exact) mass is 265 g/mol. The molecule has 1 saturated carbocycles. The van der Waals surface area contributed by atoms with Crippen LogP contribution < -0.4 is 10.6 Å². The quantitative estimate of drug-likeness (QED) is 0.543. The lowest BCUT2D eigenvalue weighted by molar-refractivity contribution is 0.283. The van der Waals surface area contributed by atoms with Gasteiger partial charge < -0.3 is 15.7 Å². The van der Waals surface area contributed by atoms with E-state index in [2.05, 4.69) is 4.90 Å². The van der Waals surface area contributed by atoms with E-state index < -0.39 is 5.82 Å². The highest BCUT2D eigenvalue weighted by Gasteiger charge is 2.27. The summed E-state index contributed by atoms with van der Waals surface area (Å²) in [6.45, 7) is 0.763. The number of hydrogen-bond donors (Lipinski definition) is 3. The van der Waals surface area contributed by atoms with Gasteiger partial charge in [0.2, 0.25) is 0 Å². The highest BCUT2D eigenvalue weighted by Crippen LogP contribution is 2.32. The average molecular weight is 265 g/mol. The van der Waals surface area contributed by atoms with Crippen LogP contribution in [-0.4, -0.2) is 30.1 Å². The summed E-state index contributed by atoms with van der Waals surface area (Å²) < 4.78 is 13.9. The third kappa shape index (κ3) is 2.87. The van der Waals surface area contributed by atoms with Gasteiger partial charge in [-0.05, 0) is 37.8 Å². The number of aliphatic hydroxyl groups excluding tert-OH is 1. The van der Waals surface area contributed by atoms with E-state index in [1.165, 1.54) is 12.5 Å². The minimum Gasteiger partial charge on any atom is -0.396 e. The number of nitrogens with two attached hydrogens (primary N) is 1. The third-order valence-corrected chi connectivity index (χ3v) is 3.64. The molecule has 104 valence electrons. The van der Waals surface area contributed by atoms with E-state index in [0.717, 1.165) is 12.8 Å². The second-order valence-electron chi connectivity index (χ2n) is 4.90. The van der Waals surface area contributed by atoms with Crippen molar-refractivity contribution in [1.82, 2.24) is 0 Å². The Labute approximate surface area is 112 Å². The van der Waals surface area contributed by atoms with E-state index in [-0.39, 0.29) is 18.0 Å². The molecule has 0 spiro atoms. The number of benzene rings is 1. The van der Waals surface area contributed by atoms with Crippen molar-refractivity contribution in [2.24, 2.45) is 5.73 Å². The molecule has 0 bridgehead atoms. The second kappa shape index (κ2) is 6.02. The van der Waals surface area contributed by atoms with Crippen LogP contribution in [0.1, 0.15) is 31.2 Å². The summed E-state index contributed by atoms with van der Waals surface area (Å²) in [6.07, 6.45) is 3.94. The lowest BCUT2D eigenvalue weighted by Gasteiger charge is -2.40. The Bertz CT molecular complexity index is 460. The number of aliphatic hydroxyl groups is 1. The first kappa shape index (κ1) is 13.8. The minimum atomic E-state index is -0.460. The van der Waals surface area contributed by atoms with Gasteiger partial charge in [0.1, 0.15) is 11.7 Å². The van der Waals surface area contributed by atoms with Crippen molar-refractivity contribution in [1.29, 1.82) is 5.41 Å². The molecule has 5 heteroatoms. The highest BCUT2D eigenvalue weighted by molar-refractivity contribution is 6.00. The molecule has 0 radical (unpaired) electrons. The average Bonchev–Trinajstić information content (AvgIpc) is 2.31. The summed E-state index contributed by atoms with van der Waals surface area (Å²) in [5, 5.41) is 16.6. The van der Waals surface area contributed by atoms with E-state index >= 15 is 0 Å². The zero-order valence-electron chi connectivity index (χ0n) is 10.9. The molecule has 1 aliphatic carbocycles. The Morgan fingerprint density at radius 1 is 1.47 bits per heavy atom. The Morgan fingerprint density at radius 2 is 2.21 bits per heavy atom. The summed E-state index contributed by atoms with van der Waals surface area (Å²) in [7, 11) is 0. The molecule has 0 saturated heterocycles. The van der Waals surface area contributed by atoms with Gasteiger partial charge in [0.15, 0.2) is 0 Å². The van der Waals surface area contributed by atoms with Crippen LogP contribution in [0.3, 0.4) is 0 Å². The fourth-order valence-corrected chi connectivity index (χ4v) is 2.46. The molecule has 0 aromatic heterocycles. The van der Waals surface area contributed by atoms with Gasteiger partial charge in [0.05, 0.1) is 11.3 Å². The number of amidine groups is 1. The van der Waals surface area contributed by atoms with Crippen LogP contribution in [0.4, 0.5) is 10.1 Å². The number of hydrogen-bond acceptors (Lipinski definition) is 3. The highest BCUT2D eigenvalue weighted by atomic mass is 19.1. The number of nitrogens with one attached hydrogen (secondary N) is 1. The van der Waals surface area contributed by atoms with Crippen molar-refractivity contribution in [3.05, 3.63) is 29.6 Å². The van der Waals surface area contributed by atoms with Crippen molar-refractivity contribution < 1.29 is 9.50 Å². The van der Waals surface area contributed by atoms with Crippen molar-refractivity contribution >= 4 is 11.5 Å². The van der Waals surface area contributed by atoms with Crippen LogP contribution in [0.25, 0.3) is 0 Å². The summed E-state index contributed by atoms with van der Waals surface area (Å²) in [5.41, 5.74) is 6.35. The van der Waals surface area contributed by atoms with Crippen LogP contribution in [0.5, 0.6) is 0 Å². The molecule has 4 nitrogen and oxygen atoms in total. The fourth-order valence-electron chi connectivity index (χ4n) is 2.46. The molecule has 2 rings (SSSR count). The maximum atomic E-state index is 13.9. The van der Waals surface area contributed by atoms with Crippen molar-refractivity contribution in [2.45, 2.75) is 31.7 Å². The standard InChI is InChI=1S/C14H20FN3O/c15-11-6-2-7-12(13(11)14(16)17)18(8-3-9-19)10-4-1-5-10/h2,6-7,10,19H,1,3-5,8-9H2,(H3,16,17). The molecular formula is C14H20FN3O. The Balaban J connectivity index is 2.34. The molecule has 19 heavy (non-hydrogen) atoms. The van der Waals surface area contributed by atoms with Crippen LogP contribution in [0, 0.1) is 11.2 Å². The molecule has 1 fully saturated rings. The molecule has 0 unspecified atom stereocenters. The van der Waals surface area contributed by atoms with Crippen molar-refractivity contribution in [2.75, 3.05) is 18.1 Å². The van der Waals surface area contributed by atoms with Crippen LogP contribution in [-0.2, 0) is 0 Å². The van der Waals surface area contributed by atoms with Gasteiger partial charge in [-0.15, -0.1) is 0 Å². The van der Waals surface area contributed by atoms with Crippen molar-refractivity contribution in [3.8, 4) is 0 Å². The maximum absolute atomic E-state index is 13.9. The summed E-state index contributed by atoms with van der Waals surface area (Å²) >= 11 is 0. The molecule has 1 aliphatic rings. The lowest BCUT2D eigenvalue weighted by Crippen LogP contribution is -2.42. The number of anilines is 1. The Hall–Kier alpha value is -1.62. The summed E-state index contributed by atoms with van der Waals surface area (Å²) in [4.78, 5) is 2.08. The maximum Gasteiger partial charge on any atom is 0.136 e. The first-order chi connectivity index (χ1) is 9.15. The van der Waals surface area contributed by atoms with Gasteiger partial charge in [0, 0.05) is 19.2 Å².